The molecule has 30 heavy (non-hydrogen) atoms. The highest BCUT2D eigenvalue weighted by Gasteiger charge is 2.22. The molecular formula is C21H25N3O5S. The summed E-state index contributed by atoms with van der Waals surface area (Å²) in [6, 6.07) is 7.54. The van der Waals surface area contributed by atoms with Crippen molar-refractivity contribution in [2.45, 2.75) is 25.3 Å². The van der Waals surface area contributed by atoms with E-state index in [0.29, 0.717) is 0 Å². The lowest BCUT2D eigenvalue weighted by molar-refractivity contribution is -0.136. The van der Waals surface area contributed by atoms with E-state index >= 15 is 0 Å². The third-order valence-electron chi connectivity index (χ3n) is 4.28. The first-order valence-electron chi connectivity index (χ1n) is 9.27. The molecule has 0 aliphatic carbocycles. The molecule has 1 aromatic heterocycles. The molecule has 0 aliphatic heterocycles. The zero-order valence-corrected chi connectivity index (χ0v) is 18.2. The molecule has 2 N–H and O–H groups in total. The highest BCUT2D eigenvalue weighted by Crippen LogP contribution is 2.15. The number of nitrogens with two attached hydrogens (primary N) is 1. The van der Waals surface area contributed by atoms with Crippen molar-refractivity contribution >= 4 is 35.4 Å². The molecular weight excluding hydrogens is 406 g/mol. The smallest absolute Gasteiger partial charge is 0.332 e. The van der Waals surface area contributed by atoms with Crippen molar-refractivity contribution in [2.75, 3.05) is 18.6 Å². The van der Waals surface area contributed by atoms with Crippen LogP contribution in [-0.2, 0) is 23.1 Å². The molecule has 0 spiro atoms. The molecule has 0 fully saturated rings. The lowest BCUT2D eigenvalue weighted by Gasteiger charge is -2.16. The molecule has 160 valence electrons. The summed E-state index contributed by atoms with van der Waals surface area (Å²) >= 11 is 1.61. The fraction of sp³-hybridized carbons (Fsp3) is 0.333. The number of thioether (sulfide) groups is 1. The number of ether oxygens (including phenoxy) is 1. The van der Waals surface area contributed by atoms with E-state index in [1.54, 1.807) is 17.8 Å². The van der Waals surface area contributed by atoms with Crippen LogP contribution in [0.5, 0.6) is 0 Å². The van der Waals surface area contributed by atoms with Crippen molar-refractivity contribution in [3.8, 4) is 0 Å². The summed E-state index contributed by atoms with van der Waals surface area (Å²) in [7, 11) is 1.27. The van der Waals surface area contributed by atoms with E-state index in [1.165, 1.54) is 17.7 Å². The number of carbonyl (C=O) groups excluding carboxylic acids is 2. The molecule has 2 rings (SSSR count). The van der Waals surface area contributed by atoms with E-state index in [0.717, 1.165) is 15.0 Å². The molecule has 0 aliphatic rings. The Hall–Kier alpha value is -3.07. The van der Waals surface area contributed by atoms with E-state index in [9.17, 15) is 19.2 Å². The zero-order chi connectivity index (χ0) is 22.4. The first kappa shape index (κ1) is 23.2. The first-order valence-corrected chi connectivity index (χ1v) is 10.5. The summed E-state index contributed by atoms with van der Waals surface area (Å²) in [4.78, 5) is 50.2. The lowest BCUT2D eigenvalue weighted by atomic mass is 10.1. The van der Waals surface area contributed by atoms with Gasteiger partial charge in [-0.25, -0.2) is 9.59 Å². The van der Waals surface area contributed by atoms with Gasteiger partial charge in [-0.05, 0) is 35.9 Å². The van der Waals surface area contributed by atoms with Crippen LogP contribution in [0.1, 0.15) is 29.8 Å². The Morgan fingerprint density at radius 2 is 1.83 bits per heavy atom. The van der Waals surface area contributed by atoms with E-state index in [4.69, 9.17) is 10.5 Å². The number of nitrogen functional groups attached to an aromatic ring is 1. The first-order chi connectivity index (χ1) is 14.1. The fourth-order valence-electron chi connectivity index (χ4n) is 2.72. The number of carbonyl (C=O) groups is 2. The molecule has 0 bridgehead atoms. The van der Waals surface area contributed by atoms with Crippen LogP contribution in [-0.4, -0.2) is 33.7 Å². The molecule has 8 nitrogen and oxygen atoms in total. The van der Waals surface area contributed by atoms with Gasteiger partial charge in [-0.2, -0.15) is 0 Å². The number of nitrogens with zero attached hydrogens (tertiary/aromatic N) is 2. The Kier molecular flexibility index (Phi) is 7.82. The predicted octanol–water partition coefficient (Wildman–Crippen LogP) is 1.95. The Morgan fingerprint density at radius 3 is 2.40 bits per heavy atom. The molecule has 0 unspecified atom stereocenters. The highest BCUT2D eigenvalue weighted by molar-refractivity contribution is 7.98. The number of hydrogen-bond acceptors (Lipinski definition) is 7. The van der Waals surface area contributed by atoms with Crippen molar-refractivity contribution in [3.63, 3.8) is 0 Å². The molecule has 1 heterocycles. The second kappa shape index (κ2) is 10.1. The van der Waals surface area contributed by atoms with Crippen LogP contribution in [0.2, 0.25) is 0 Å². The minimum atomic E-state index is -0.817. The molecule has 0 saturated heterocycles. The normalized spacial score (nSPS) is 11.2. The quantitative estimate of drug-likeness (QED) is 0.294. The number of esters is 1. The van der Waals surface area contributed by atoms with Crippen molar-refractivity contribution in [1.82, 2.24) is 9.13 Å². The Morgan fingerprint density at radius 1 is 1.20 bits per heavy atom. The highest BCUT2D eigenvalue weighted by atomic mass is 32.2. The van der Waals surface area contributed by atoms with Crippen molar-refractivity contribution in [3.05, 3.63) is 62.3 Å². The molecule has 1 aromatic carbocycles. The van der Waals surface area contributed by atoms with Gasteiger partial charge in [-0.3, -0.25) is 18.7 Å². The summed E-state index contributed by atoms with van der Waals surface area (Å²) in [5, 5.41) is 0. The Bertz CT molecular complexity index is 1080. The van der Waals surface area contributed by atoms with Crippen LogP contribution in [0.3, 0.4) is 0 Å². The fourth-order valence-corrected chi connectivity index (χ4v) is 3.13. The van der Waals surface area contributed by atoms with E-state index in [2.05, 4.69) is 0 Å². The monoisotopic (exact) mass is 431 g/mol. The van der Waals surface area contributed by atoms with E-state index in [1.807, 2.05) is 44.4 Å². The van der Waals surface area contributed by atoms with Crippen LogP contribution in [0.25, 0.3) is 6.08 Å². The Labute approximate surface area is 178 Å². The van der Waals surface area contributed by atoms with E-state index < -0.39 is 29.6 Å². The average Bonchev–Trinajstić information content (AvgIpc) is 2.72. The van der Waals surface area contributed by atoms with E-state index in [-0.39, 0.29) is 23.8 Å². The van der Waals surface area contributed by atoms with Gasteiger partial charge in [0, 0.05) is 24.6 Å². The van der Waals surface area contributed by atoms with Crippen LogP contribution >= 0.6 is 11.8 Å². The Balaban J connectivity index is 2.14. The third kappa shape index (κ3) is 5.50. The van der Waals surface area contributed by atoms with Crippen LogP contribution in [0, 0.1) is 5.92 Å². The SMILES string of the molecule is CSc1ccc(C=CC(=O)OCC(=O)c2c(N)n(CC(C)C)c(=O)n(C)c2=O)cc1. The topological polar surface area (TPSA) is 113 Å². The molecule has 2 aromatic rings. The lowest BCUT2D eigenvalue weighted by Crippen LogP contribution is -2.43. The number of rotatable bonds is 8. The molecule has 0 amide bonds. The average molecular weight is 432 g/mol. The van der Waals surface area contributed by atoms with Crippen molar-refractivity contribution in [2.24, 2.45) is 13.0 Å². The van der Waals surface area contributed by atoms with Crippen molar-refractivity contribution in [1.29, 1.82) is 0 Å². The number of benzene rings is 1. The van der Waals surface area contributed by atoms with Crippen molar-refractivity contribution < 1.29 is 14.3 Å². The number of Topliss-reactive ketones (excluding diaryl/α,β-unsaturated/α-hetero) is 1. The maximum absolute atomic E-state index is 12.5. The minimum Gasteiger partial charge on any atom is -0.454 e. The zero-order valence-electron chi connectivity index (χ0n) is 17.4. The molecule has 0 radical (unpaired) electrons. The van der Waals surface area contributed by atoms with Crippen LogP contribution in [0.4, 0.5) is 5.82 Å². The summed E-state index contributed by atoms with van der Waals surface area (Å²) in [5.74, 6) is -1.65. The number of anilines is 1. The maximum atomic E-state index is 12.5. The van der Waals surface area contributed by atoms with Gasteiger partial charge in [0.1, 0.15) is 11.4 Å². The molecule has 9 heteroatoms. The standard InChI is InChI=1S/C21H25N3O5S/c1-13(2)11-24-19(22)18(20(27)23(3)21(24)28)16(25)12-29-17(26)10-7-14-5-8-15(30-4)9-6-14/h5-10,13H,11-12,22H2,1-4H3. The minimum absolute atomic E-state index is 0.0680. The predicted molar refractivity (Wildman–Crippen MR) is 118 cm³/mol. The number of ketones is 1. The van der Waals surface area contributed by atoms with Crippen LogP contribution < -0.4 is 17.0 Å². The van der Waals surface area contributed by atoms with Gasteiger partial charge in [0.25, 0.3) is 5.56 Å². The largest absolute Gasteiger partial charge is 0.454 e. The van der Waals surface area contributed by atoms with Gasteiger partial charge < -0.3 is 10.5 Å². The van der Waals surface area contributed by atoms with Gasteiger partial charge in [-0.1, -0.05) is 26.0 Å². The summed E-state index contributed by atoms with van der Waals surface area (Å²) in [6.45, 7) is 3.34. The van der Waals surface area contributed by atoms with Crippen LogP contribution in [0.15, 0.2) is 44.8 Å². The second-order valence-electron chi connectivity index (χ2n) is 7.05. The van der Waals surface area contributed by atoms with Gasteiger partial charge in [0.15, 0.2) is 6.61 Å². The van der Waals surface area contributed by atoms with Gasteiger partial charge in [-0.15, -0.1) is 11.8 Å². The molecule has 0 saturated carbocycles. The van der Waals surface area contributed by atoms with Gasteiger partial charge in [0.2, 0.25) is 5.78 Å². The second-order valence-corrected chi connectivity index (χ2v) is 7.93. The summed E-state index contributed by atoms with van der Waals surface area (Å²) < 4.78 is 6.96. The maximum Gasteiger partial charge on any atom is 0.332 e. The number of aromatic nitrogens is 2. The summed E-state index contributed by atoms with van der Waals surface area (Å²) in [6.07, 6.45) is 4.73. The molecule has 0 atom stereocenters. The van der Waals surface area contributed by atoms with Gasteiger partial charge in [0.05, 0.1) is 0 Å². The van der Waals surface area contributed by atoms with Gasteiger partial charge >= 0.3 is 11.7 Å². The summed E-state index contributed by atoms with van der Waals surface area (Å²) in [5.41, 5.74) is 4.96. The number of hydrogen-bond donors (Lipinski definition) is 1. The third-order valence-corrected chi connectivity index (χ3v) is 5.03.